The average molecular weight is 201 g/mol. The van der Waals surface area contributed by atoms with E-state index in [4.69, 9.17) is 0 Å². The number of hydrogen-bond acceptors (Lipinski definition) is 4. The fourth-order valence-electron chi connectivity index (χ4n) is 2.05. The number of sulfone groups is 1. The van der Waals surface area contributed by atoms with Crippen LogP contribution in [0.5, 0.6) is 0 Å². The molecule has 0 spiro atoms. The molecule has 72 valence electrons. The molecular formula is C8H11NO3S. The lowest BCUT2D eigenvalue weighted by atomic mass is 9.98. The van der Waals surface area contributed by atoms with Gasteiger partial charge in [0.25, 0.3) is 0 Å². The summed E-state index contributed by atoms with van der Waals surface area (Å²) in [5.41, 5.74) is -0.342. The predicted molar refractivity (Wildman–Crippen MR) is 46.8 cm³/mol. The van der Waals surface area contributed by atoms with E-state index in [2.05, 4.69) is 4.99 Å². The fourth-order valence-corrected chi connectivity index (χ4v) is 3.95. The molecular weight excluding hydrogens is 190 g/mol. The van der Waals surface area contributed by atoms with Crippen molar-refractivity contribution in [1.29, 1.82) is 0 Å². The third kappa shape index (κ3) is 1.54. The highest BCUT2D eigenvalue weighted by atomic mass is 32.2. The third-order valence-electron chi connectivity index (χ3n) is 3.02. The molecule has 2 fully saturated rings. The highest BCUT2D eigenvalue weighted by Crippen LogP contribution is 2.49. The molecule has 0 radical (unpaired) electrons. The molecule has 1 unspecified atom stereocenters. The molecule has 0 aromatic carbocycles. The van der Waals surface area contributed by atoms with Gasteiger partial charge in [0, 0.05) is 0 Å². The van der Waals surface area contributed by atoms with E-state index >= 15 is 0 Å². The fraction of sp³-hybridized carbons (Fsp3) is 0.875. The lowest BCUT2D eigenvalue weighted by molar-refractivity contribution is 0.445. The molecule has 2 aliphatic rings. The summed E-state index contributed by atoms with van der Waals surface area (Å²) in [7, 11) is -2.85. The number of nitrogens with zero attached hydrogens (tertiary/aromatic N) is 1. The van der Waals surface area contributed by atoms with Gasteiger partial charge in [-0.25, -0.2) is 13.2 Å². The minimum atomic E-state index is -2.85. The summed E-state index contributed by atoms with van der Waals surface area (Å²) < 4.78 is 22.4. The smallest absolute Gasteiger partial charge is 0.229 e. The molecule has 1 aliphatic heterocycles. The maximum atomic E-state index is 11.2. The molecule has 1 aliphatic carbocycles. The molecule has 0 bridgehead atoms. The maximum Gasteiger partial charge on any atom is 0.235 e. The van der Waals surface area contributed by atoms with Crippen LogP contribution in [-0.4, -0.2) is 31.5 Å². The van der Waals surface area contributed by atoms with Crippen LogP contribution in [0.15, 0.2) is 4.99 Å². The molecule has 1 atom stereocenters. The van der Waals surface area contributed by atoms with Gasteiger partial charge in [-0.1, -0.05) is 0 Å². The highest BCUT2D eigenvalue weighted by Gasteiger charge is 2.53. The van der Waals surface area contributed by atoms with E-state index in [0.717, 1.165) is 12.8 Å². The van der Waals surface area contributed by atoms with Gasteiger partial charge in [0.05, 0.1) is 17.0 Å². The minimum absolute atomic E-state index is 0.0685. The Morgan fingerprint density at radius 2 is 2.08 bits per heavy atom. The second-order valence-corrected chi connectivity index (χ2v) is 6.14. The van der Waals surface area contributed by atoms with Crippen molar-refractivity contribution in [2.75, 3.05) is 11.5 Å². The van der Waals surface area contributed by atoms with Crippen LogP contribution in [0, 0.1) is 5.92 Å². The Morgan fingerprint density at radius 3 is 2.46 bits per heavy atom. The van der Waals surface area contributed by atoms with Crippen LogP contribution in [0.1, 0.15) is 19.3 Å². The van der Waals surface area contributed by atoms with Crippen LogP contribution in [0.2, 0.25) is 0 Å². The van der Waals surface area contributed by atoms with Crippen molar-refractivity contribution in [1.82, 2.24) is 0 Å². The van der Waals surface area contributed by atoms with Gasteiger partial charge >= 0.3 is 0 Å². The summed E-state index contributed by atoms with van der Waals surface area (Å²) in [6.45, 7) is 0. The predicted octanol–water partition coefficient (Wildman–Crippen LogP) is 0.289. The molecule has 0 N–H and O–H groups in total. The van der Waals surface area contributed by atoms with Gasteiger partial charge in [-0.05, 0) is 25.2 Å². The van der Waals surface area contributed by atoms with E-state index in [-0.39, 0.29) is 23.0 Å². The highest BCUT2D eigenvalue weighted by molar-refractivity contribution is 7.91. The molecule has 1 saturated heterocycles. The molecule has 13 heavy (non-hydrogen) atoms. The Balaban J connectivity index is 2.16. The molecule has 0 aromatic heterocycles. The van der Waals surface area contributed by atoms with E-state index in [1.54, 1.807) is 6.08 Å². The van der Waals surface area contributed by atoms with Gasteiger partial charge in [-0.2, -0.15) is 4.99 Å². The number of carbonyl (C=O) groups excluding carboxylic acids is 1. The van der Waals surface area contributed by atoms with Crippen LogP contribution < -0.4 is 0 Å². The third-order valence-corrected chi connectivity index (χ3v) is 4.79. The average Bonchev–Trinajstić information content (AvgIpc) is 2.72. The van der Waals surface area contributed by atoms with Crippen molar-refractivity contribution in [3.8, 4) is 0 Å². The van der Waals surface area contributed by atoms with Crippen molar-refractivity contribution >= 4 is 15.9 Å². The second-order valence-electron chi connectivity index (χ2n) is 3.91. The Morgan fingerprint density at radius 1 is 1.38 bits per heavy atom. The molecule has 0 amide bonds. The van der Waals surface area contributed by atoms with E-state index in [0.29, 0.717) is 6.42 Å². The monoisotopic (exact) mass is 201 g/mol. The molecule has 5 heteroatoms. The van der Waals surface area contributed by atoms with Crippen LogP contribution in [0.3, 0.4) is 0 Å². The summed E-state index contributed by atoms with van der Waals surface area (Å²) in [6, 6.07) is 0. The summed E-state index contributed by atoms with van der Waals surface area (Å²) in [5, 5.41) is 0. The minimum Gasteiger partial charge on any atom is -0.229 e. The zero-order chi connectivity index (χ0) is 9.53. The van der Waals surface area contributed by atoms with E-state index in [1.807, 2.05) is 0 Å². The van der Waals surface area contributed by atoms with Gasteiger partial charge in [0.2, 0.25) is 6.08 Å². The van der Waals surface area contributed by atoms with Crippen molar-refractivity contribution in [3.63, 3.8) is 0 Å². The summed E-state index contributed by atoms with van der Waals surface area (Å²) in [4.78, 5) is 13.9. The van der Waals surface area contributed by atoms with Gasteiger partial charge in [-0.15, -0.1) is 0 Å². The zero-order valence-corrected chi connectivity index (χ0v) is 8.01. The Kier molecular flexibility index (Phi) is 1.82. The zero-order valence-electron chi connectivity index (χ0n) is 7.19. The first-order chi connectivity index (χ1) is 6.08. The van der Waals surface area contributed by atoms with Crippen molar-refractivity contribution in [2.24, 2.45) is 10.9 Å². The normalized spacial score (nSPS) is 33.7. The number of aliphatic imine (C=N–C) groups is 1. The van der Waals surface area contributed by atoms with Gasteiger partial charge in [0.1, 0.15) is 0 Å². The lowest BCUT2D eigenvalue weighted by Gasteiger charge is -2.13. The Hall–Kier alpha value is -0.670. The molecule has 4 nitrogen and oxygen atoms in total. The summed E-state index contributed by atoms with van der Waals surface area (Å²) >= 11 is 0. The maximum absolute atomic E-state index is 11.2. The van der Waals surface area contributed by atoms with E-state index in [9.17, 15) is 13.2 Å². The van der Waals surface area contributed by atoms with Gasteiger partial charge < -0.3 is 0 Å². The van der Waals surface area contributed by atoms with E-state index in [1.165, 1.54) is 0 Å². The van der Waals surface area contributed by atoms with Crippen LogP contribution >= 0.6 is 0 Å². The first kappa shape index (κ1) is 8.91. The first-order valence-electron chi connectivity index (χ1n) is 4.37. The molecule has 2 rings (SSSR count). The van der Waals surface area contributed by atoms with Gasteiger partial charge in [-0.3, -0.25) is 0 Å². The standard InChI is InChI=1S/C8H11NO3S/c10-6-9-8(2-3-8)7-1-4-13(11,12)5-7/h7H,1-5H2. The molecule has 1 heterocycles. The van der Waals surface area contributed by atoms with Crippen LogP contribution in [-0.2, 0) is 14.6 Å². The molecule has 1 saturated carbocycles. The van der Waals surface area contributed by atoms with Crippen LogP contribution in [0.25, 0.3) is 0 Å². The number of hydrogen-bond donors (Lipinski definition) is 0. The Labute approximate surface area is 77.0 Å². The topological polar surface area (TPSA) is 63.6 Å². The largest absolute Gasteiger partial charge is 0.235 e. The Bertz CT molecular complexity index is 363. The van der Waals surface area contributed by atoms with Crippen LogP contribution in [0.4, 0.5) is 0 Å². The van der Waals surface area contributed by atoms with E-state index < -0.39 is 9.84 Å². The second kappa shape index (κ2) is 2.66. The SMILES string of the molecule is O=C=NC1(C2CCS(=O)(=O)C2)CC1. The number of rotatable bonds is 2. The van der Waals surface area contributed by atoms with Crippen molar-refractivity contribution in [3.05, 3.63) is 0 Å². The summed E-state index contributed by atoms with van der Waals surface area (Å²) in [5.74, 6) is 0.533. The summed E-state index contributed by atoms with van der Waals surface area (Å²) in [6.07, 6.45) is 3.91. The first-order valence-corrected chi connectivity index (χ1v) is 6.20. The molecule has 0 aromatic rings. The quantitative estimate of drug-likeness (QED) is 0.476. The van der Waals surface area contributed by atoms with Crippen molar-refractivity contribution in [2.45, 2.75) is 24.8 Å². The number of isocyanates is 1. The van der Waals surface area contributed by atoms with Gasteiger partial charge in [0.15, 0.2) is 9.84 Å². The van der Waals surface area contributed by atoms with Crippen molar-refractivity contribution < 1.29 is 13.2 Å². The lowest BCUT2D eigenvalue weighted by Crippen LogP contribution is -2.21.